The van der Waals surface area contributed by atoms with Crippen molar-refractivity contribution >= 4 is 64.9 Å². The van der Waals surface area contributed by atoms with Crippen molar-refractivity contribution in [2.45, 2.75) is 26.9 Å². The van der Waals surface area contributed by atoms with Gasteiger partial charge in [0.05, 0.1) is 28.2 Å². The summed E-state index contributed by atoms with van der Waals surface area (Å²) < 4.78 is 29.1. The van der Waals surface area contributed by atoms with Gasteiger partial charge < -0.3 is 9.47 Å². The van der Waals surface area contributed by atoms with Gasteiger partial charge in [0.15, 0.2) is 11.5 Å². The fourth-order valence-electron chi connectivity index (χ4n) is 3.52. The molecule has 0 spiro atoms. The quantitative estimate of drug-likeness (QED) is 0.184. The molecule has 0 atom stereocenters. The Balaban J connectivity index is 1.74. The lowest BCUT2D eigenvalue weighted by Gasteiger charge is -2.16. The summed E-state index contributed by atoms with van der Waals surface area (Å²) in [6, 6.07) is 13.6. The number of hydrogen-bond acceptors (Lipinski definition) is 5. The van der Waals surface area contributed by atoms with Crippen LogP contribution in [0.4, 0.5) is 4.39 Å². The molecule has 0 radical (unpaired) electrons. The maximum Gasteiger partial charge on any atom is 0.282 e. The van der Waals surface area contributed by atoms with E-state index in [0.29, 0.717) is 61.3 Å². The Kier molecular flexibility index (Phi) is 8.58. The molecule has 186 valence electrons. The van der Waals surface area contributed by atoms with Gasteiger partial charge in [-0.3, -0.25) is 4.79 Å². The Labute approximate surface area is 232 Å². The number of ether oxygens (including phenoxy) is 2. The van der Waals surface area contributed by atoms with Gasteiger partial charge in [-0.2, -0.15) is 9.78 Å². The molecule has 3 aromatic carbocycles. The second-order valence-electron chi connectivity index (χ2n) is 7.64. The lowest BCUT2D eigenvalue weighted by molar-refractivity contribution is 0.264. The Bertz CT molecular complexity index is 1520. The topological polar surface area (TPSA) is 65.7 Å². The first-order chi connectivity index (χ1) is 17.3. The van der Waals surface area contributed by atoms with Crippen molar-refractivity contribution in [1.29, 1.82) is 0 Å². The van der Waals surface area contributed by atoms with Crippen molar-refractivity contribution in [2.24, 2.45) is 5.10 Å². The maximum absolute atomic E-state index is 14.1. The van der Waals surface area contributed by atoms with E-state index in [-0.39, 0.29) is 18.0 Å². The van der Waals surface area contributed by atoms with E-state index in [9.17, 15) is 9.18 Å². The summed E-state index contributed by atoms with van der Waals surface area (Å²) >= 11 is 10.5. The molecule has 0 unspecified atom stereocenters. The Morgan fingerprint density at radius 1 is 1.06 bits per heavy atom. The van der Waals surface area contributed by atoms with Gasteiger partial charge >= 0.3 is 0 Å². The monoisotopic (exact) mass is 679 g/mol. The van der Waals surface area contributed by atoms with Crippen molar-refractivity contribution < 1.29 is 13.9 Å². The van der Waals surface area contributed by atoms with E-state index in [1.54, 1.807) is 42.6 Å². The molecule has 4 rings (SSSR count). The van der Waals surface area contributed by atoms with Crippen LogP contribution < -0.4 is 15.0 Å². The molecule has 0 saturated carbocycles. The van der Waals surface area contributed by atoms with Crippen LogP contribution in [0.5, 0.6) is 11.5 Å². The molecule has 0 saturated heterocycles. The fraction of sp³-hybridized carbons (Fsp3) is 0.192. The molecule has 0 fully saturated rings. The zero-order chi connectivity index (χ0) is 25.8. The van der Waals surface area contributed by atoms with Gasteiger partial charge in [-0.25, -0.2) is 9.37 Å². The number of benzene rings is 3. The molecule has 10 heteroatoms. The second kappa shape index (κ2) is 11.7. The SMILES string of the molecule is CCOc1cc(C=Nn2c(CC)nc3ccc(Br)cc3c2=O)c(Br)c(Br)c1OCc1ccccc1F. The standard InChI is InChI=1S/C26H21Br3FN3O3/c1-3-22-32-20-10-9-17(27)12-18(20)26(34)33(22)31-13-16-11-21(35-4-2)25(24(29)23(16)28)36-14-15-7-5-6-8-19(15)30/h5-13H,3-4,14H2,1-2H3. The van der Waals surface area contributed by atoms with E-state index in [4.69, 9.17) is 9.47 Å². The molecule has 1 aromatic heterocycles. The third-order valence-corrected chi connectivity index (χ3v) is 7.93. The largest absolute Gasteiger partial charge is 0.490 e. The molecule has 0 N–H and O–H groups in total. The van der Waals surface area contributed by atoms with E-state index in [1.807, 2.05) is 19.9 Å². The smallest absolute Gasteiger partial charge is 0.282 e. The summed E-state index contributed by atoms with van der Waals surface area (Å²) in [6.45, 7) is 4.19. The fourth-order valence-corrected chi connectivity index (χ4v) is 4.82. The van der Waals surface area contributed by atoms with Gasteiger partial charge in [0.2, 0.25) is 0 Å². The molecule has 36 heavy (non-hydrogen) atoms. The number of fused-ring (bicyclic) bond motifs is 1. The minimum absolute atomic E-state index is 0.0266. The predicted molar refractivity (Wildman–Crippen MR) is 150 cm³/mol. The van der Waals surface area contributed by atoms with Crippen molar-refractivity contribution in [1.82, 2.24) is 9.66 Å². The van der Waals surface area contributed by atoms with E-state index < -0.39 is 0 Å². The van der Waals surface area contributed by atoms with Crippen LogP contribution in [0, 0.1) is 5.82 Å². The van der Waals surface area contributed by atoms with Crippen LogP contribution in [0.3, 0.4) is 0 Å². The molecule has 0 aliphatic heterocycles. The highest BCUT2D eigenvalue weighted by atomic mass is 79.9. The Morgan fingerprint density at radius 2 is 1.83 bits per heavy atom. The second-order valence-corrected chi connectivity index (χ2v) is 10.1. The Hall–Kier alpha value is -2.56. The number of hydrogen-bond donors (Lipinski definition) is 0. The number of nitrogens with zero attached hydrogens (tertiary/aromatic N) is 3. The molecular weight excluding hydrogens is 661 g/mol. The summed E-state index contributed by atoms with van der Waals surface area (Å²) in [5.41, 5.74) is 1.42. The molecule has 0 aliphatic rings. The molecule has 1 heterocycles. The number of aryl methyl sites for hydroxylation is 1. The average Bonchev–Trinajstić information content (AvgIpc) is 2.87. The van der Waals surface area contributed by atoms with Crippen molar-refractivity contribution in [2.75, 3.05) is 6.61 Å². The average molecular weight is 682 g/mol. The first-order valence-electron chi connectivity index (χ1n) is 11.1. The first kappa shape index (κ1) is 26.5. The van der Waals surface area contributed by atoms with Crippen molar-refractivity contribution in [3.63, 3.8) is 0 Å². The molecule has 0 aliphatic carbocycles. The normalized spacial score (nSPS) is 11.4. The van der Waals surface area contributed by atoms with Gasteiger partial charge in [-0.15, -0.1) is 0 Å². The molecule has 0 bridgehead atoms. The van der Waals surface area contributed by atoms with E-state index in [2.05, 4.69) is 57.9 Å². The van der Waals surface area contributed by atoms with Gasteiger partial charge in [-0.1, -0.05) is 41.1 Å². The highest BCUT2D eigenvalue weighted by Gasteiger charge is 2.18. The van der Waals surface area contributed by atoms with Crippen LogP contribution in [-0.4, -0.2) is 22.5 Å². The zero-order valence-electron chi connectivity index (χ0n) is 19.4. The van der Waals surface area contributed by atoms with Crippen LogP contribution in [0.15, 0.2) is 71.8 Å². The summed E-state index contributed by atoms with van der Waals surface area (Å²) in [6.07, 6.45) is 2.08. The molecule has 0 amide bonds. The summed E-state index contributed by atoms with van der Waals surface area (Å²) in [4.78, 5) is 17.8. The third-order valence-electron chi connectivity index (χ3n) is 5.29. The van der Waals surface area contributed by atoms with Gasteiger partial charge in [0.25, 0.3) is 5.56 Å². The summed E-state index contributed by atoms with van der Waals surface area (Å²) in [5, 5.41) is 4.93. The zero-order valence-corrected chi connectivity index (χ0v) is 24.2. The lowest BCUT2D eigenvalue weighted by Crippen LogP contribution is -2.22. The highest BCUT2D eigenvalue weighted by Crippen LogP contribution is 2.43. The maximum atomic E-state index is 14.1. The van der Waals surface area contributed by atoms with Crippen molar-refractivity contribution in [3.8, 4) is 11.5 Å². The summed E-state index contributed by atoms with van der Waals surface area (Å²) in [5.74, 6) is 1.07. The van der Waals surface area contributed by atoms with E-state index in [0.717, 1.165) is 4.47 Å². The summed E-state index contributed by atoms with van der Waals surface area (Å²) in [7, 11) is 0. The number of halogens is 4. The minimum atomic E-state index is -0.345. The van der Waals surface area contributed by atoms with Crippen LogP contribution in [0.25, 0.3) is 10.9 Å². The third kappa shape index (κ3) is 5.55. The van der Waals surface area contributed by atoms with Crippen LogP contribution in [0.2, 0.25) is 0 Å². The van der Waals surface area contributed by atoms with E-state index >= 15 is 0 Å². The first-order valence-corrected chi connectivity index (χ1v) is 13.5. The Morgan fingerprint density at radius 3 is 2.56 bits per heavy atom. The lowest BCUT2D eigenvalue weighted by atomic mass is 10.2. The van der Waals surface area contributed by atoms with Crippen LogP contribution in [0.1, 0.15) is 30.8 Å². The molecule has 6 nitrogen and oxygen atoms in total. The van der Waals surface area contributed by atoms with Gasteiger partial charge in [-0.05, 0) is 69.1 Å². The van der Waals surface area contributed by atoms with Crippen LogP contribution >= 0.6 is 47.8 Å². The van der Waals surface area contributed by atoms with E-state index in [1.165, 1.54) is 10.7 Å². The number of aromatic nitrogens is 2. The molecule has 4 aromatic rings. The van der Waals surface area contributed by atoms with Gasteiger partial charge in [0.1, 0.15) is 18.2 Å². The highest BCUT2D eigenvalue weighted by molar-refractivity contribution is 9.13. The van der Waals surface area contributed by atoms with Crippen LogP contribution in [-0.2, 0) is 13.0 Å². The predicted octanol–water partition coefficient (Wildman–Crippen LogP) is 7.25. The minimum Gasteiger partial charge on any atom is -0.490 e. The number of rotatable bonds is 8. The molecular formula is C26H21Br3FN3O3. The van der Waals surface area contributed by atoms with Gasteiger partial charge in [0, 0.05) is 26.5 Å². The van der Waals surface area contributed by atoms with Crippen molar-refractivity contribution in [3.05, 3.63) is 95.1 Å².